The average molecular weight is 184 g/mol. The van der Waals surface area contributed by atoms with E-state index in [0.29, 0.717) is 6.42 Å². The normalized spacial score (nSPS) is 47.0. The predicted octanol–water partition coefficient (Wildman–Crippen LogP) is -0.0970. The van der Waals surface area contributed by atoms with Gasteiger partial charge in [0, 0.05) is 5.92 Å². The summed E-state index contributed by atoms with van der Waals surface area (Å²) in [5, 5.41) is 18.1. The lowest BCUT2D eigenvalue weighted by Gasteiger charge is -2.15. The summed E-state index contributed by atoms with van der Waals surface area (Å²) in [6.45, 7) is 0. The molecule has 4 heteroatoms. The zero-order valence-electron chi connectivity index (χ0n) is 7.09. The number of aliphatic hydroxyl groups excluding tert-OH is 1. The molecule has 0 radical (unpaired) electrons. The summed E-state index contributed by atoms with van der Waals surface area (Å²) in [5.41, 5.74) is 0. The van der Waals surface area contributed by atoms with Gasteiger partial charge in [-0.15, -0.1) is 0 Å². The van der Waals surface area contributed by atoms with Crippen LogP contribution in [0.4, 0.5) is 0 Å². The molecule has 0 bridgehead atoms. The number of carboxylic acids is 1. The quantitative estimate of drug-likeness (QED) is 0.601. The summed E-state index contributed by atoms with van der Waals surface area (Å²) in [6.07, 6.45) is 0.983. The topological polar surface area (TPSA) is 74.6 Å². The molecule has 0 aromatic carbocycles. The van der Waals surface area contributed by atoms with Crippen LogP contribution in [0.15, 0.2) is 0 Å². The van der Waals surface area contributed by atoms with Crippen LogP contribution in [0, 0.1) is 23.7 Å². The average Bonchev–Trinajstić information content (AvgIpc) is 2.64. The molecule has 0 aliphatic heterocycles. The number of rotatable bonds is 3. The smallest absolute Gasteiger partial charge is 0.303 e. The Balaban J connectivity index is 2.01. The number of hydrogen-bond donors (Lipinski definition) is 2. The number of fused-ring (bicyclic) bond motifs is 1. The summed E-state index contributed by atoms with van der Waals surface area (Å²) in [7, 11) is 0. The number of aliphatic carboxylic acids is 1. The highest BCUT2D eigenvalue weighted by atomic mass is 16.4. The van der Waals surface area contributed by atoms with E-state index in [1.165, 1.54) is 0 Å². The van der Waals surface area contributed by atoms with Gasteiger partial charge in [0.25, 0.3) is 0 Å². The maximum absolute atomic E-state index is 10.5. The second-order valence-corrected chi connectivity index (χ2v) is 4.02. The van der Waals surface area contributed by atoms with Gasteiger partial charge >= 0.3 is 5.97 Å². The van der Waals surface area contributed by atoms with Crippen molar-refractivity contribution in [3.63, 3.8) is 0 Å². The van der Waals surface area contributed by atoms with Crippen molar-refractivity contribution in [3.05, 3.63) is 0 Å². The Kier molecular flexibility index (Phi) is 1.87. The standard InChI is InChI=1S/C9H12O4/c10-3-6-4-1-7(11)5(9(4)6)2-8(12)13/h3-7,9,11H,1-2H2,(H,12,13). The molecule has 2 saturated carbocycles. The van der Waals surface area contributed by atoms with Gasteiger partial charge in [-0.3, -0.25) is 4.79 Å². The predicted molar refractivity (Wildman–Crippen MR) is 42.9 cm³/mol. The van der Waals surface area contributed by atoms with Crippen LogP contribution in [0.5, 0.6) is 0 Å². The van der Waals surface area contributed by atoms with Crippen molar-refractivity contribution in [2.45, 2.75) is 18.9 Å². The Morgan fingerprint density at radius 3 is 2.77 bits per heavy atom. The lowest BCUT2D eigenvalue weighted by Crippen LogP contribution is -2.22. The van der Waals surface area contributed by atoms with Gasteiger partial charge in [-0.25, -0.2) is 0 Å². The fourth-order valence-electron chi connectivity index (χ4n) is 2.72. The zero-order chi connectivity index (χ0) is 9.59. The second-order valence-electron chi connectivity index (χ2n) is 4.02. The van der Waals surface area contributed by atoms with Gasteiger partial charge in [0.15, 0.2) is 0 Å². The Bertz CT molecular complexity index is 250. The first kappa shape index (κ1) is 8.69. The van der Waals surface area contributed by atoms with Gasteiger partial charge in [-0.2, -0.15) is 0 Å². The minimum absolute atomic E-state index is 0.00727. The lowest BCUT2D eigenvalue weighted by molar-refractivity contribution is -0.139. The number of carboxylic acid groups (broad SMARTS) is 1. The van der Waals surface area contributed by atoms with Crippen LogP contribution in [0.2, 0.25) is 0 Å². The van der Waals surface area contributed by atoms with Crippen molar-refractivity contribution in [1.82, 2.24) is 0 Å². The zero-order valence-corrected chi connectivity index (χ0v) is 7.09. The van der Waals surface area contributed by atoms with E-state index in [1.54, 1.807) is 0 Å². The van der Waals surface area contributed by atoms with Gasteiger partial charge in [0.2, 0.25) is 0 Å². The fourth-order valence-corrected chi connectivity index (χ4v) is 2.72. The Morgan fingerprint density at radius 2 is 2.23 bits per heavy atom. The molecule has 13 heavy (non-hydrogen) atoms. The monoisotopic (exact) mass is 184 g/mol. The Morgan fingerprint density at radius 1 is 1.54 bits per heavy atom. The molecule has 4 nitrogen and oxygen atoms in total. The van der Waals surface area contributed by atoms with E-state index in [9.17, 15) is 14.7 Å². The van der Waals surface area contributed by atoms with Crippen LogP contribution in [0.25, 0.3) is 0 Å². The third-order valence-corrected chi connectivity index (χ3v) is 3.36. The molecule has 0 amide bonds. The molecule has 0 saturated heterocycles. The maximum Gasteiger partial charge on any atom is 0.303 e. The molecule has 2 aliphatic carbocycles. The molecule has 2 N–H and O–H groups in total. The van der Waals surface area contributed by atoms with Gasteiger partial charge < -0.3 is 15.0 Å². The maximum atomic E-state index is 10.5. The molecule has 2 fully saturated rings. The van der Waals surface area contributed by atoms with E-state index in [4.69, 9.17) is 5.11 Å². The molecule has 5 unspecified atom stereocenters. The fraction of sp³-hybridized carbons (Fsp3) is 0.778. The van der Waals surface area contributed by atoms with Crippen molar-refractivity contribution in [2.24, 2.45) is 23.7 Å². The Labute approximate surface area is 75.6 Å². The molecular weight excluding hydrogens is 172 g/mol. The summed E-state index contributed by atoms with van der Waals surface area (Å²) in [5.74, 6) is -0.660. The highest BCUT2D eigenvalue weighted by Crippen LogP contribution is 2.60. The first-order valence-corrected chi connectivity index (χ1v) is 4.50. The highest BCUT2D eigenvalue weighted by Gasteiger charge is 2.61. The van der Waals surface area contributed by atoms with E-state index in [-0.39, 0.29) is 30.1 Å². The minimum atomic E-state index is -0.888. The molecule has 2 aliphatic rings. The van der Waals surface area contributed by atoms with Crippen LogP contribution in [0.3, 0.4) is 0 Å². The molecule has 2 rings (SSSR count). The van der Waals surface area contributed by atoms with Crippen molar-refractivity contribution >= 4 is 12.3 Å². The van der Waals surface area contributed by atoms with Crippen molar-refractivity contribution < 1.29 is 19.8 Å². The number of hydrogen-bond acceptors (Lipinski definition) is 3. The van der Waals surface area contributed by atoms with Crippen molar-refractivity contribution in [3.8, 4) is 0 Å². The number of carbonyl (C=O) groups excluding carboxylic acids is 1. The molecular formula is C9H12O4. The SMILES string of the molecule is O=CC1C2CC(O)C(CC(=O)O)C12. The summed E-state index contributed by atoms with van der Waals surface area (Å²) in [6, 6.07) is 0. The van der Waals surface area contributed by atoms with Crippen LogP contribution >= 0.6 is 0 Å². The second kappa shape index (κ2) is 2.80. The largest absolute Gasteiger partial charge is 0.481 e. The minimum Gasteiger partial charge on any atom is -0.481 e. The van der Waals surface area contributed by atoms with Crippen LogP contribution in [-0.4, -0.2) is 28.6 Å². The lowest BCUT2D eigenvalue weighted by atomic mass is 9.94. The molecule has 0 spiro atoms. The van der Waals surface area contributed by atoms with E-state index in [2.05, 4.69) is 0 Å². The first-order chi connectivity index (χ1) is 6.15. The van der Waals surface area contributed by atoms with E-state index >= 15 is 0 Å². The summed E-state index contributed by atoms with van der Waals surface area (Å²) < 4.78 is 0. The summed E-state index contributed by atoms with van der Waals surface area (Å²) in [4.78, 5) is 21.0. The Hall–Kier alpha value is -0.900. The van der Waals surface area contributed by atoms with Gasteiger partial charge in [0.1, 0.15) is 6.29 Å². The number of carbonyl (C=O) groups is 2. The van der Waals surface area contributed by atoms with Gasteiger partial charge in [-0.1, -0.05) is 0 Å². The van der Waals surface area contributed by atoms with Gasteiger partial charge in [-0.05, 0) is 24.2 Å². The van der Waals surface area contributed by atoms with Crippen LogP contribution in [0.1, 0.15) is 12.8 Å². The van der Waals surface area contributed by atoms with E-state index in [1.807, 2.05) is 0 Å². The molecule has 0 aromatic rings. The van der Waals surface area contributed by atoms with Crippen LogP contribution in [-0.2, 0) is 9.59 Å². The molecule has 0 heterocycles. The third-order valence-electron chi connectivity index (χ3n) is 3.36. The van der Waals surface area contributed by atoms with E-state index < -0.39 is 12.1 Å². The van der Waals surface area contributed by atoms with Crippen LogP contribution < -0.4 is 0 Å². The third kappa shape index (κ3) is 1.25. The number of aldehydes is 1. The van der Waals surface area contributed by atoms with Crippen molar-refractivity contribution in [2.75, 3.05) is 0 Å². The molecule has 0 aromatic heterocycles. The molecule has 5 atom stereocenters. The summed E-state index contributed by atoms with van der Waals surface area (Å²) >= 11 is 0. The first-order valence-electron chi connectivity index (χ1n) is 4.50. The number of aliphatic hydroxyl groups is 1. The van der Waals surface area contributed by atoms with Crippen molar-refractivity contribution in [1.29, 1.82) is 0 Å². The van der Waals surface area contributed by atoms with E-state index in [0.717, 1.165) is 6.29 Å². The highest BCUT2D eigenvalue weighted by molar-refractivity contribution is 5.68. The molecule has 72 valence electrons. The van der Waals surface area contributed by atoms with Gasteiger partial charge in [0.05, 0.1) is 12.5 Å².